The Hall–Kier alpha value is -2.07. The highest BCUT2D eigenvalue weighted by atomic mass is 35.5. The second-order valence-corrected chi connectivity index (χ2v) is 5.39. The highest BCUT2D eigenvalue weighted by molar-refractivity contribution is 6.32. The van der Waals surface area contributed by atoms with Crippen LogP contribution >= 0.6 is 11.6 Å². The summed E-state index contributed by atoms with van der Waals surface area (Å²) >= 11 is 5.80. The van der Waals surface area contributed by atoms with Gasteiger partial charge in [0.2, 0.25) is 0 Å². The molecule has 5 heteroatoms. The molecule has 0 N–H and O–H groups in total. The first-order valence-electron chi connectivity index (χ1n) is 6.52. The van der Waals surface area contributed by atoms with Crippen LogP contribution < -0.4 is 4.74 Å². The lowest BCUT2D eigenvalue weighted by molar-refractivity contribution is -0.384. The van der Waals surface area contributed by atoms with Gasteiger partial charge >= 0.3 is 0 Å². The topological polar surface area (TPSA) is 52.4 Å². The van der Waals surface area contributed by atoms with Gasteiger partial charge in [-0.05, 0) is 49.1 Å². The van der Waals surface area contributed by atoms with Gasteiger partial charge in [-0.25, -0.2) is 0 Å². The Bertz CT molecular complexity index is 698. The second kappa shape index (κ2) is 6.14. The smallest absolute Gasteiger partial charge is 0.288 e. The van der Waals surface area contributed by atoms with E-state index < -0.39 is 4.92 Å². The molecular weight excluding hydrogens is 290 g/mol. The second-order valence-electron chi connectivity index (χ2n) is 4.99. The minimum absolute atomic E-state index is 0.101. The van der Waals surface area contributed by atoms with E-state index in [1.54, 1.807) is 6.07 Å². The van der Waals surface area contributed by atoms with Crippen LogP contribution in [0.1, 0.15) is 22.3 Å². The molecule has 0 aliphatic rings. The van der Waals surface area contributed by atoms with Crippen molar-refractivity contribution in [2.75, 3.05) is 0 Å². The summed E-state index contributed by atoms with van der Waals surface area (Å²) in [7, 11) is 0. The van der Waals surface area contributed by atoms with Gasteiger partial charge in [-0.2, -0.15) is 0 Å². The van der Waals surface area contributed by atoms with Crippen molar-refractivity contribution in [2.24, 2.45) is 0 Å². The molecule has 0 heterocycles. The van der Waals surface area contributed by atoms with Crippen LogP contribution in [0.15, 0.2) is 30.3 Å². The molecule has 0 spiro atoms. The fourth-order valence-corrected chi connectivity index (χ4v) is 2.28. The summed E-state index contributed by atoms with van der Waals surface area (Å²) in [5, 5.41) is 11.0. The summed E-state index contributed by atoms with van der Waals surface area (Å²) in [5.74, 6) is 0.826. The lowest BCUT2D eigenvalue weighted by atomic mass is 10.1. The third kappa shape index (κ3) is 3.34. The van der Waals surface area contributed by atoms with Crippen molar-refractivity contribution < 1.29 is 9.66 Å². The molecule has 2 aromatic rings. The summed E-state index contributed by atoms with van der Waals surface area (Å²) in [6.07, 6.45) is 0. The molecule has 0 aromatic heterocycles. The fourth-order valence-electron chi connectivity index (χ4n) is 2.09. The van der Waals surface area contributed by atoms with Crippen LogP contribution in [0.4, 0.5) is 5.69 Å². The maximum absolute atomic E-state index is 10.9. The molecule has 0 saturated heterocycles. The fraction of sp³-hybridized carbons (Fsp3) is 0.250. The molecule has 110 valence electrons. The predicted molar refractivity (Wildman–Crippen MR) is 83.1 cm³/mol. The lowest BCUT2D eigenvalue weighted by Gasteiger charge is -2.14. The first-order chi connectivity index (χ1) is 9.90. The van der Waals surface area contributed by atoms with E-state index in [1.807, 2.05) is 32.9 Å². The number of hydrogen-bond acceptors (Lipinski definition) is 3. The molecule has 2 rings (SSSR count). The van der Waals surface area contributed by atoms with Gasteiger partial charge in [0.1, 0.15) is 17.4 Å². The zero-order chi connectivity index (χ0) is 15.6. The molecule has 0 amide bonds. The highest BCUT2D eigenvalue weighted by Crippen LogP contribution is 2.28. The Balaban J connectivity index is 2.23. The van der Waals surface area contributed by atoms with E-state index in [2.05, 4.69) is 0 Å². The molecule has 0 atom stereocenters. The molecule has 0 bridgehead atoms. The molecule has 4 nitrogen and oxygen atoms in total. The van der Waals surface area contributed by atoms with Crippen molar-refractivity contribution >= 4 is 17.3 Å². The summed E-state index contributed by atoms with van der Waals surface area (Å²) in [6, 6.07) is 8.75. The quantitative estimate of drug-likeness (QED) is 0.605. The Kier molecular flexibility index (Phi) is 4.48. The van der Waals surface area contributed by atoms with Gasteiger partial charge in [0.15, 0.2) is 0 Å². The largest absolute Gasteiger partial charge is 0.488 e. The number of nitrogens with zero attached hydrogens (tertiary/aromatic N) is 1. The van der Waals surface area contributed by atoms with E-state index in [-0.39, 0.29) is 17.3 Å². The van der Waals surface area contributed by atoms with Crippen molar-refractivity contribution in [3.8, 4) is 5.75 Å². The van der Waals surface area contributed by atoms with Crippen LogP contribution in [0.5, 0.6) is 5.75 Å². The number of benzene rings is 2. The molecule has 2 aromatic carbocycles. The molecule has 0 unspecified atom stereocenters. The van der Waals surface area contributed by atoms with Gasteiger partial charge < -0.3 is 4.74 Å². The average molecular weight is 306 g/mol. The van der Waals surface area contributed by atoms with Gasteiger partial charge in [-0.3, -0.25) is 10.1 Å². The Morgan fingerprint density at radius 2 is 1.81 bits per heavy atom. The van der Waals surface area contributed by atoms with Gasteiger partial charge in [0.25, 0.3) is 5.69 Å². The molecule has 0 saturated carbocycles. The zero-order valence-corrected chi connectivity index (χ0v) is 12.9. The summed E-state index contributed by atoms with van der Waals surface area (Å²) < 4.78 is 5.84. The summed E-state index contributed by atoms with van der Waals surface area (Å²) in [5.41, 5.74) is 3.89. The van der Waals surface area contributed by atoms with E-state index in [9.17, 15) is 10.1 Å². The number of halogens is 1. The number of hydrogen-bond donors (Lipinski definition) is 0. The Morgan fingerprint density at radius 3 is 2.48 bits per heavy atom. The highest BCUT2D eigenvalue weighted by Gasteiger charge is 2.13. The van der Waals surface area contributed by atoms with Crippen LogP contribution in [0.2, 0.25) is 5.02 Å². The van der Waals surface area contributed by atoms with Crippen LogP contribution in [0.3, 0.4) is 0 Å². The number of aryl methyl sites for hydroxylation is 2. The third-order valence-corrected chi connectivity index (χ3v) is 3.78. The maximum atomic E-state index is 10.9. The number of nitro benzene ring substituents is 1. The zero-order valence-electron chi connectivity index (χ0n) is 12.1. The van der Waals surface area contributed by atoms with E-state index in [4.69, 9.17) is 16.3 Å². The van der Waals surface area contributed by atoms with E-state index >= 15 is 0 Å². The van der Waals surface area contributed by atoms with Crippen LogP contribution in [-0.2, 0) is 6.61 Å². The molecular formula is C16H16ClNO3. The predicted octanol–water partition coefficient (Wildman–Crippen LogP) is 4.75. The van der Waals surface area contributed by atoms with Crippen LogP contribution in [-0.4, -0.2) is 4.92 Å². The lowest BCUT2D eigenvalue weighted by Crippen LogP contribution is -2.01. The third-order valence-electron chi connectivity index (χ3n) is 3.46. The van der Waals surface area contributed by atoms with Gasteiger partial charge in [-0.1, -0.05) is 29.8 Å². The summed E-state index contributed by atoms with van der Waals surface area (Å²) in [4.78, 5) is 10.4. The molecule has 0 aliphatic carbocycles. The standard InChI is InChI=1S/C16H16ClNO3/c1-10-4-5-11(2)16(12(10)3)21-9-13-6-7-14(17)15(8-13)18(19)20/h4-8H,9H2,1-3H3. The van der Waals surface area contributed by atoms with E-state index in [0.29, 0.717) is 5.56 Å². The molecule has 21 heavy (non-hydrogen) atoms. The van der Waals surface area contributed by atoms with Crippen molar-refractivity contribution in [3.63, 3.8) is 0 Å². The molecule has 0 radical (unpaired) electrons. The normalized spacial score (nSPS) is 10.5. The average Bonchev–Trinajstić information content (AvgIpc) is 2.44. The number of nitro groups is 1. The Morgan fingerprint density at radius 1 is 1.14 bits per heavy atom. The van der Waals surface area contributed by atoms with Crippen LogP contribution in [0, 0.1) is 30.9 Å². The minimum atomic E-state index is -0.491. The minimum Gasteiger partial charge on any atom is -0.488 e. The summed E-state index contributed by atoms with van der Waals surface area (Å²) in [6.45, 7) is 6.27. The van der Waals surface area contributed by atoms with E-state index in [0.717, 1.165) is 22.4 Å². The van der Waals surface area contributed by atoms with Gasteiger partial charge in [0.05, 0.1) is 4.92 Å². The van der Waals surface area contributed by atoms with Crippen molar-refractivity contribution in [3.05, 3.63) is 67.7 Å². The monoisotopic (exact) mass is 305 g/mol. The number of ether oxygens (including phenoxy) is 1. The van der Waals surface area contributed by atoms with Gasteiger partial charge in [0, 0.05) is 6.07 Å². The number of rotatable bonds is 4. The molecule has 0 aliphatic heterocycles. The van der Waals surface area contributed by atoms with Crippen molar-refractivity contribution in [2.45, 2.75) is 27.4 Å². The first kappa shape index (κ1) is 15.3. The first-order valence-corrected chi connectivity index (χ1v) is 6.90. The van der Waals surface area contributed by atoms with Crippen molar-refractivity contribution in [1.82, 2.24) is 0 Å². The Labute approximate surface area is 128 Å². The van der Waals surface area contributed by atoms with Gasteiger partial charge in [-0.15, -0.1) is 0 Å². The van der Waals surface area contributed by atoms with Crippen molar-refractivity contribution in [1.29, 1.82) is 0 Å². The maximum Gasteiger partial charge on any atom is 0.288 e. The SMILES string of the molecule is Cc1ccc(C)c(OCc2ccc(Cl)c([N+](=O)[O-])c2)c1C. The van der Waals surface area contributed by atoms with E-state index in [1.165, 1.54) is 12.1 Å². The van der Waals surface area contributed by atoms with Crippen LogP contribution in [0.25, 0.3) is 0 Å². The molecule has 0 fully saturated rings.